The number of hydrogen-bond donors (Lipinski definition) is 1. The fraction of sp³-hybridized carbons (Fsp3) is 0.259. The van der Waals surface area contributed by atoms with Gasteiger partial charge in [-0.05, 0) is 62.2 Å². The minimum atomic E-state index is -3.96. The molecular formula is C27H27N3O5S. The summed E-state index contributed by atoms with van der Waals surface area (Å²) >= 11 is 0. The zero-order valence-corrected chi connectivity index (χ0v) is 21.1. The lowest BCUT2D eigenvalue weighted by atomic mass is 10.1. The second-order valence-electron chi connectivity index (χ2n) is 9.37. The predicted molar refractivity (Wildman–Crippen MR) is 137 cm³/mol. The van der Waals surface area contributed by atoms with Crippen molar-refractivity contribution < 1.29 is 22.5 Å². The van der Waals surface area contributed by atoms with Crippen LogP contribution in [0.3, 0.4) is 0 Å². The summed E-state index contributed by atoms with van der Waals surface area (Å²) < 4.78 is 39.5. The van der Waals surface area contributed by atoms with Gasteiger partial charge in [0.05, 0.1) is 29.8 Å². The molecule has 0 bridgehead atoms. The van der Waals surface area contributed by atoms with Gasteiger partial charge >= 0.3 is 0 Å². The molecule has 4 aromatic rings. The van der Waals surface area contributed by atoms with E-state index < -0.39 is 10.0 Å². The molecule has 1 N–H and O–H groups in total. The zero-order chi connectivity index (χ0) is 25.5. The Kier molecular flexibility index (Phi) is 5.96. The number of nitrogens with one attached hydrogen (secondary N) is 1. The van der Waals surface area contributed by atoms with Crippen molar-refractivity contribution >= 4 is 39.0 Å². The Balaban J connectivity index is 1.65. The molecule has 0 radical (unpaired) electrons. The maximum Gasteiger partial charge on any atom is 0.268 e. The molecule has 1 aliphatic rings. The molecule has 5 rings (SSSR count). The number of aryl methyl sites for hydroxylation is 1. The summed E-state index contributed by atoms with van der Waals surface area (Å²) in [5, 5.41) is 7.50. The third-order valence-electron chi connectivity index (χ3n) is 6.61. The Hall–Kier alpha value is -3.85. The molecule has 1 amide bonds. The van der Waals surface area contributed by atoms with E-state index in [0.29, 0.717) is 33.6 Å². The van der Waals surface area contributed by atoms with Gasteiger partial charge in [-0.1, -0.05) is 29.8 Å². The Morgan fingerprint density at radius 3 is 2.56 bits per heavy atom. The molecule has 36 heavy (non-hydrogen) atoms. The van der Waals surface area contributed by atoms with Crippen molar-refractivity contribution in [3.63, 3.8) is 0 Å². The average molecular weight is 506 g/mol. The molecule has 186 valence electrons. The van der Waals surface area contributed by atoms with Crippen LogP contribution < -0.4 is 10.1 Å². The van der Waals surface area contributed by atoms with E-state index in [4.69, 9.17) is 9.26 Å². The minimum absolute atomic E-state index is 0.0687. The molecule has 2 aromatic carbocycles. The summed E-state index contributed by atoms with van der Waals surface area (Å²) in [5.74, 6) is 0.508. The van der Waals surface area contributed by atoms with Crippen molar-refractivity contribution in [3.05, 3.63) is 77.3 Å². The highest BCUT2D eigenvalue weighted by atomic mass is 32.2. The molecule has 1 aliphatic carbocycles. The Bertz CT molecular complexity index is 1560. The first-order valence-electron chi connectivity index (χ1n) is 11.6. The Labute approximate surface area is 209 Å². The molecule has 1 fully saturated rings. The number of methoxy groups -OCH3 is 1. The lowest BCUT2D eigenvalue weighted by Gasteiger charge is -2.15. The van der Waals surface area contributed by atoms with Crippen LogP contribution in [0.25, 0.3) is 23.1 Å². The van der Waals surface area contributed by atoms with Gasteiger partial charge in [0.1, 0.15) is 17.7 Å². The molecule has 1 saturated carbocycles. The SMILES string of the molecule is COc1cc2cc(CNC(=O)C3(C)CC3)n(S(=O)(=O)c3ccc(C)cc3)c2cc1/C=C/c1ccon1. The molecule has 0 unspecified atom stereocenters. The smallest absolute Gasteiger partial charge is 0.268 e. The predicted octanol–water partition coefficient (Wildman–Crippen LogP) is 4.77. The van der Waals surface area contributed by atoms with Crippen molar-refractivity contribution in [2.24, 2.45) is 5.41 Å². The van der Waals surface area contributed by atoms with E-state index in [1.807, 2.05) is 13.8 Å². The van der Waals surface area contributed by atoms with Gasteiger partial charge < -0.3 is 14.6 Å². The van der Waals surface area contributed by atoms with E-state index in [2.05, 4.69) is 10.5 Å². The van der Waals surface area contributed by atoms with E-state index >= 15 is 0 Å². The summed E-state index contributed by atoms with van der Waals surface area (Å²) in [6, 6.07) is 13.8. The normalized spacial score (nSPS) is 14.9. The number of fused-ring (bicyclic) bond motifs is 1. The second-order valence-corrected chi connectivity index (χ2v) is 11.2. The third-order valence-corrected chi connectivity index (χ3v) is 8.39. The molecule has 9 heteroatoms. The van der Waals surface area contributed by atoms with Crippen LogP contribution in [0.2, 0.25) is 0 Å². The van der Waals surface area contributed by atoms with Crippen LogP contribution in [-0.4, -0.2) is 30.6 Å². The molecule has 2 heterocycles. The first-order valence-corrected chi connectivity index (χ1v) is 13.1. The number of carbonyl (C=O) groups is 1. The fourth-order valence-electron chi connectivity index (χ4n) is 4.10. The van der Waals surface area contributed by atoms with Gasteiger partial charge in [-0.3, -0.25) is 4.79 Å². The summed E-state index contributed by atoms with van der Waals surface area (Å²) in [5.41, 5.74) is 2.83. The highest BCUT2D eigenvalue weighted by Gasteiger charge is 2.44. The first kappa shape index (κ1) is 23.9. The molecule has 0 saturated heterocycles. The summed E-state index contributed by atoms with van der Waals surface area (Å²) in [6.07, 6.45) is 6.69. The van der Waals surface area contributed by atoms with Crippen LogP contribution in [0.15, 0.2) is 64.2 Å². The highest BCUT2D eigenvalue weighted by molar-refractivity contribution is 7.90. The van der Waals surface area contributed by atoms with Crippen LogP contribution in [0.1, 0.15) is 42.3 Å². The second kappa shape index (κ2) is 8.98. The van der Waals surface area contributed by atoms with Gasteiger partial charge in [0.15, 0.2) is 0 Å². The molecule has 2 aromatic heterocycles. The van der Waals surface area contributed by atoms with Crippen LogP contribution in [0, 0.1) is 12.3 Å². The van der Waals surface area contributed by atoms with Gasteiger partial charge in [-0.15, -0.1) is 0 Å². The lowest BCUT2D eigenvalue weighted by molar-refractivity contribution is -0.125. The number of benzene rings is 2. The summed E-state index contributed by atoms with van der Waals surface area (Å²) in [7, 11) is -2.40. The molecular weight excluding hydrogens is 478 g/mol. The van der Waals surface area contributed by atoms with E-state index in [-0.39, 0.29) is 22.8 Å². The maximum absolute atomic E-state index is 13.9. The number of aromatic nitrogens is 2. The zero-order valence-electron chi connectivity index (χ0n) is 20.3. The average Bonchev–Trinajstić information content (AvgIpc) is 3.26. The fourth-order valence-corrected chi connectivity index (χ4v) is 5.63. The van der Waals surface area contributed by atoms with Gasteiger partial charge in [0, 0.05) is 22.4 Å². The quantitative estimate of drug-likeness (QED) is 0.370. The summed E-state index contributed by atoms with van der Waals surface area (Å²) in [6.45, 7) is 3.90. The van der Waals surface area contributed by atoms with Gasteiger partial charge in [-0.25, -0.2) is 12.4 Å². The topological polar surface area (TPSA) is 103 Å². The van der Waals surface area contributed by atoms with Gasteiger partial charge in [-0.2, -0.15) is 0 Å². The number of ether oxygens (including phenoxy) is 1. The standard InChI is InChI=1S/C27H27N3O5S/c1-18-4-8-23(9-5-18)36(32,33)30-22(17-28-26(31)27(2)11-12-27)14-20-16-25(34-3)19(15-24(20)30)6-7-21-10-13-35-29-21/h4-10,13-16H,11-12,17H2,1-3H3,(H,28,31)/b7-6+. The monoisotopic (exact) mass is 505 g/mol. The first-order chi connectivity index (χ1) is 17.2. The minimum Gasteiger partial charge on any atom is -0.496 e. The van der Waals surface area contributed by atoms with Crippen LogP contribution in [0.5, 0.6) is 5.75 Å². The number of carbonyl (C=O) groups excluding carboxylic acids is 1. The molecule has 0 aliphatic heterocycles. The largest absolute Gasteiger partial charge is 0.496 e. The third kappa shape index (κ3) is 4.42. The van der Waals surface area contributed by atoms with E-state index in [1.165, 1.54) is 10.2 Å². The number of nitrogens with zero attached hydrogens (tertiary/aromatic N) is 2. The van der Waals surface area contributed by atoms with Gasteiger partial charge in [0.2, 0.25) is 5.91 Å². The van der Waals surface area contributed by atoms with Crippen LogP contribution in [0.4, 0.5) is 0 Å². The van der Waals surface area contributed by atoms with Crippen molar-refractivity contribution in [3.8, 4) is 5.75 Å². The highest BCUT2D eigenvalue weighted by Crippen LogP contribution is 2.45. The number of hydrogen-bond acceptors (Lipinski definition) is 6. The molecule has 0 spiro atoms. The van der Waals surface area contributed by atoms with Crippen LogP contribution >= 0.6 is 0 Å². The lowest BCUT2D eigenvalue weighted by Crippen LogP contribution is -2.31. The van der Waals surface area contributed by atoms with E-state index in [0.717, 1.165) is 18.4 Å². The maximum atomic E-state index is 13.9. The van der Waals surface area contributed by atoms with E-state index in [9.17, 15) is 13.2 Å². The molecule has 8 nitrogen and oxygen atoms in total. The van der Waals surface area contributed by atoms with Crippen LogP contribution in [-0.2, 0) is 21.4 Å². The molecule has 0 atom stereocenters. The van der Waals surface area contributed by atoms with Crippen molar-refractivity contribution in [1.29, 1.82) is 0 Å². The van der Waals surface area contributed by atoms with Crippen molar-refractivity contribution in [2.75, 3.05) is 7.11 Å². The van der Waals surface area contributed by atoms with Gasteiger partial charge in [0.25, 0.3) is 10.0 Å². The number of rotatable bonds is 8. The van der Waals surface area contributed by atoms with Crippen molar-refractivity contribution in [2.45, 2.75) is 38.1 Å². The number of amides is 1. The van der Waals surface area contributed by atoms with E-state index in [1.54, 1.807) is 67.8 Å². The summed E-state index contributed by atoms with van der Waals surface area (Å²) in [4.78, 5) is 12.8. The Morgan fingerprint density at radius 1 is 1.17 bits per heavy atom. The Morgan fingerprint density at radius 2 is 1.92 bits per heavy atom. The van der Waals surface area contributed by atoms with Crippen molar-refractivity contribution in [1.82, 2.24) is 14.4 Å².